The maximum atomic E-state index is 12.9. The van der Waals surface area contributed by atoms with Crippen molar-refractivity contribution in [2.45, 2.75) is 6.29 Å². The third-order valence-corrected chi connectivity index (χ3v) is 2.54. The van der Waals surface area contributed by atoms with E-state index in [1.807, 2.05) is 6.07 Å². The number of nitrogens with one attached hydrogen (secondary N) is 1. The molecule has 1 aliphatic rings. The summed E-state index contributed by atoms with van der Waals surface area (Å²) in [6.45, 7) is 0. The van der Waals surface area contributed by atoms with Crippen molar-refractivity contribution >= 4 is 11.5 Å². The number of ether oxygens (including phenoxy) is 2. The number of halogens is 2. The Morgan fingerprint density at radius 1 is 1.15 bits per heavy atom. The van der Waals surface area contributed by atoms with E-state index < -0.39 is 6.29 Å². The minimum absolute atomic E-state index is 0.0284. The molecule has 2 heterocycles. The summed E-state index contributed by atoms with van der Waals surface area (Å²) in [5, 5.41) is 11.6. The molecule has 0 saturated carbocycles. The second kappa shape index (κ2) is 4.35. The zero-order chi connectivity index (χ0) is 14.2. The molecule has 1 aromatic carbocycles. The van der Waals surface area contributed by atoms with Crippen LogP contribution in [0.3, 0.4) is 0 Å². The molecule has 0 fully saturated rings. The van der Waals surface area contributed by atoms with Gasteiger partial charge in [-0.2, -0.15) is 5.26 Å². The van der Waals surface area contributed by atoms with Gasteiger partial charge in [0.15, 0.2) is 11.5 Å². The number of pyridine rings is 1. The molecule has 0 saturated heterocycles. The van der Waals surface area contributed by atoms with Crippen LogP contribution in [0.25, 0.3) is 0 Å². The van der Waals surface area contributed by atoms with Gasteiger partial charge >= 0.3 is 6.29 Å². The molecular formula is C13H7F2N3O2. The zero-order valence-electron chi connectivity index (χ0n) is 9.93. The average molecular weight is 275 g/mol. The fraction of sp³-hybridized carbons (Fsp3) is 0.0769. The van der Waals surface area contributed by atoms with Gasteiger partial charge in [-0.3, -0.25) is 0 Å². The van der Waals surface area contributed by atoms with Gasteiger partial charge in [0, 0.05) is 11.8 Å². The largest absolute Gasteiger partial charge is 0.586 e. The standard InChI is InChI=1S/C13H7F2N3O2/c14-13(15)19-10-5-4-8(6-11(10)20-13)17-12-3-1-2-9(7-16)18-12/h1-6H,(H,17,18). The highest BCUT2D eigenvalue weighted by Gasteiger charge is 2.43. The Morgan fingerprint density at radius 2 is 1.95 bits per heavy atom. The molecule has 0 atom stereocenters. The molecule has 0 amide bonds. The van der Waals surface area contributed by atoms with Crippen LogP contribution in [0.15, 0.2) is 36.4 Å². The van der Waals surface area contributed by atoms with Crippen LogP contribution in [0.4, 0.5) is 20.3 Å². The number of fused-ring (bicyclic) bond motifs is 1. The van der Waals surface area contributed by atoms with E-state index in [2.05, 4.69) is 19.8 Å². The van der Waals surface area contributed by atoms with Crippen LogP contribution >= 0.6 is 0 Å². The highest BCUT2D eigenvalue weighted by molar-refractivity contribution is 5.62. The summed E-state index contributed by atoms with van der Waals surface area (Å²) in [6, 6.07) is 11.1. The van der Waals surface area contributed by atoms with Crippen LogP contribution in [0.5, 0.6) is 11.5 Å². The van der Waals surface area contributed by atoms with Crippen LogP contribution < -0.4 is 14.8 Å². The van der Waals surface area contributed by atoms with Crippen LogP contribution in [0.1, 0.15) is 5.69 Å². The molecule has 1 aliphatic heterocycles. The van der Waals surface area contributed by atoms with E-state index in [0.29, 0.717) is 11.5 Å². The summed E-state index contributed by atoms with van der Waals surface area (Å²) in [6.07, 6.45) is -3.64. The third-order valence-electron chi connectivity index (χ3n) is 2.54. The number of hydrogen-bond donors (Lipinski definition) is 1. The van der Waals surface area contributed by atoms with Crippen LogP contribution in [-0.4, -0.2) is 11.3 Å². The molecule has 20 heavy (non-hydrogen) atoms. The number of rotatable bonds is 2. The molecule has 1 N–H and O–H groups in total. The fourth-order valence-electron chi connectivity index (χ4n) is 1.74. The number of alkyl halides is 2. The molecule has 0 spiro atoms. The first-order chi connectivity index (χ1) is 9.55. The van der Waals surface area contributed by atoms with Gasteiger partial charge in [0.1, 0.15) is 17.6 Å². The van der Waals surface area contributed by atoms with Gasteiger partial charge < -0.3 is 14.8 Å². The third kappa shape index (κ3) is 2.31. The molecule has 0 radical (unpaired) electrons. The minimum atomic E-state index is -3.64. The van der Waals surface area contributed by atoms with Gasteiger partial charge in [0.25, 0.3) is 0 Å². The van der Waals surface area contributed by atoms with Gasteiger partial charge in [0.2, 0.25) is 0 Å². The summed E-state index contributed by atoms with van der Waals surface area (Å²) in [7, 11) is 0. The van der Waals surface area contributed by atoms with E-state index >= 15 is 0 Å². The molecule has 0 aliphatic carbocycles. The Kier molecular flexibility index (Phi) is 2.64. The number of hydrogen-bond acceptors (Lipinski definition) is 5. The second-order valence-corrected chi connectivity index (χ2v) is 3.97. The van der Waals surface area contributed by atoms with Gasteiger partial charge in [-0.1, -0.05) is 6.07 Å². The summed E-state index contributed by atoms with van der Waals surface area (Å²) in [5.41, 5.74) is 0.745. The lowest BCUT2D eigenvalue weighted by Crippen LogP contribution is -2.25. The van der Waals surface area contributed by atoms with Crippen molar-refractivity contribution in [3.63, 3.8) is 0 Å². The number of nitriles is 1. The normalized spacial score (nSPS) is 14.7. The molecule has 2 aromatic rings. The van der Waals surface area contributed by atoms with E-state index in [-0.39, 0.29) is 17.2 Å². The highest BCUT2D eigenvalue weighted by Crippen LogP contribution is 2.42. The van der Waals surface area contributed by atoms with E-state index in [1.54, 1.807) is 24.3 Å². The molecule has 0 bridgehead atoms. The lowest BCUT2D eigenvalue weighted by atomic mass is 10.2. The predicted molar refractivity (Wildman–Crippen MR) is 64.9 cm³/mol. The first-order valence-electron chi connectivity index (χ1n) is 5.60. The molecule has 3 rings (SSSR count). The lowest BCUT2D eigenvalue weighted by molar-refractivity contribution is -0.286. The monoisotopic (exact) mass is 275 g/mol. The average Bonchev–Trinajstić information content (AvgIpc) is 2.72. The first kappa shape index (κ1) is 12.2. The number of benzene rings is 1. The topological polar surface area (TPSA) is 67.2 Å². The summed E-state index contributed by atoms with van der Waals surface area (Å²) < 4.78 is 34.4. The Balaban J connectivity index is 1.85. The molecular weight excluding hydrogens is 268 g/mol. The number of aromatic nitrogens is 1. The molecule has 1 aromatic heterocycles. The number of anilines is 2. The van der Waals surface area contributed by atoms with E-state index in [0.717, 1.165) is 0 Å². The van der Waals surface area contributed by atoms with Crippen LogP contribution in [0.2, 0.25) is 0 Å². The predicted octanol–water partition coefficient (Wildman–Crippen LogP) is 3.02. The molecule has 0 unspecified atom stereocenters. The Hall–Kier alpha value is -2.88. The fourth-order valence-corrected chi connectivity index (χ4v) is 1.74. The lowest BCUT2D eigenvalue weighted by Gasteiger charge is -2.06. The van der Waals surface area contributed by atoms with Crippen molar-refractivity contribution in [2.75, 3.05) is 5.32 Å². The highest BCUT2D eigenvalue weighted by atomic mass is 19.3. The van der Waals surface area contributed by atoms with E-state index in [9.17, 15) is 8.78 Å². The van der Waals surface area contributed by atoms with Crippen molar-refractivity contribution in [3.05, 3.63) is 42.1 Å². The van der Waals surface area contributed by atoms with Gasteiger partial charge in [-0.15, -0.1) is 8.78 Å². The van der Waals surface area contributed by atoms with Gasteiger partial charge in [-0.25, -0.2) is 4.98 Å². The molecule has 5 nitrogen and oxygen atoms in total. The van der Waals surface area contributed by atoms with Crippen LogP contribution in [0, 0.1) is 11.3 Å². The number of nitrogens with zero attached hydrogens (tertiary/aromatic N) is 2. The van der Waals surface area contributed by atoms with Crippen molar-refractivity contribution < 1.29 is 18.3 Å². The molecule has 100 valence electrons. The first-order valence-corrected chi connectivity index (χ1v) is 5.60. The Bertz CT molecular complexity index is 713. The molecule has 7 heteroatoms. The second-order valence-electron chi connectivity index (χ2n) is 3.97. The smallest absolute Gasteiger partial charge is 0.395 e. The Morgan fingerprint density at radius 3 is 2.75 bits per heavy atom. The minimum Gasteiger partial charge on any atom is -0.395 e. The van der Waals surface area contributed by atoms with Gasteiger partial charge in [-0.05, 0) is 24.3 Å². The zero-order valence-corrected chi connectivity index (χ0v) is 9.93. The maximum absolute atomic E-state index is 12.9. The quantitative estimate of drug-likeness (QED) is 0.912. The summed E-state index contributed by atoms with van der Waals surface area (Å²) in [4.78, 5) is 4.02. The van der Waals surface area contributed by atoms with Gasteiger partial charge in [0.05, 0.1) is 0 Å². The summed E-state index contributed by atoms with van der Waals surface area (Å²) >= 11 is 0. The van der Waals surface area contributed by atoms with Crippen molar-refractivity contribution in [1.82, 2.24) is 4.98 Å². The maximum Gasteiger partial charge on any atom is 0.586 e. The Labute approximate surface area is 112 Å². The summed E-state index contributed by atoms with van der Waals surface area (Å²) in [5.74, 6) is 0.338. The van der Waals surface area contributed by atoms with E-state index in [4.69, 9.17) is 5.26 Å². The SMILES string of the molecule is N#Cc1cccc(Nc2ccc3c(c2)OC(F)(F)O3)n1. The van der Waals surface area contributed by atoms with Crippen molar-refractivity contribution in [3.8, 4) is 17.6 Å². The van der Waals surface area contributed by atoms with Crippen molar-refractivity contribution in [2.24, 2.45) is 0 Å². The van der Waals surface area contributed by atoms with Crippen LogP contribution in [-0.2, 0) is 0 Å². The van der Waals surface area contributed by atoms with E-state index in [1.165, 1.54) is 12.1 Å². The van der Waals surface area contributed by atoms with Crippen molar-refractivity contribution in [1.29, 1.82) is 5.26 Å².